The highest BCUT2D eigenvalue weighted by atomic mass is 19.4. The molecule has 3 nitrogen and oxygen atoms in total. The molecule has 2 rings (SSSR count). The number of aromatic nitrogens is 1. The van der Waals surface area contributed by atoms with Gasteiger partial charge in [0, 0.05) is 26.2 Å². The molecule has 22 heavy (non-hydrogen) atoms. The molecule has 1 saturated heterocycles. The van der Waals surface area contributed by atoms with E-state index >= 15 is 0 Å². The average Bonchev–Trinajstić information content (AvgIpc) is 2.37. The molecule has 0 N–H and O–H groups in total. The standard InChI is InChI=1S/C12H12F7N3/c13-8-6-20-10(12(17,18)19)5-9(8)22-3-1-21(2-4-22)7-11(14,15)16/h5-6H,1-4,7H2. The maximum atomic E-state index is 13.6. The van der Waals surface area contributed by atoms with Gasteiger partial charge in [-0.15, -0.1) is 0 Å². The second kappa shape index (κ2) is 5.90. The van der Waals surface area contributed by atoms with Crippen molar-refractivity contribution < 1.29 is 30.7 Å². The van der Waals surface area contributed by atoms with Crippen molar-refractivity contribution in [3.05, 3.63) is 23.8 Å². The first-order valence-corrected chi connectivity index (χ1v) is 6.33. The minimum atomic E-state index is -4.71. The molecule has 0 aliphatic carbocycles. The lowest BCUT2D eigenvalue weighted by molar-refractivity contribution is -0.146. The van der Waals surface area contributed by atoms with Gasteiger partial charge >= 0.3 is 12.4 Å². The second-order valence-electron chi connectivity index (χ2n) is 4.90. The van der Waals surface area contributed by atoms with Crippen molar-refractivity contribution in [2.24, 2.45) is 0 Å². The third-order valence-corrected chi connectivity index (χ3v) is 3.24. The fraction of sp³-hybridized carbons (Fsp3) is 0.583. The van der Waals surface area contributed by atoms with Crippen molar-refractivity contribution in [3.8, 4) is 0 Å². The third-order valence-electron chi connectivity index (χ3n) is 3.24. The number of piperazine rings is 1. The van der Waals surface area contributed by atoms with Crippen molar-refractivity contribution in [1.82, 2.24) is 9.88 Å². The molecular formula is C12H12F7N3. The molecule has 0 aromatic carbocycles. The number of pyridine rings is 1. The van der Waals surface area contributed by atoms with Crippen molar-refractivity contribution >= 4 is 5.69 Å². The van der Waals surface area contributed by atoms with Crippen LogP contribution >= 0.6 is 0 Å². The van der Waals surface area contributed by atoms with Crippen LogP contribution in [0.5, 0.6) is 0 Å². The summed E-state index contributed by atoms with van der Waals surface area (Å²) in [5.74, 6) is -0.933. The maximum absolute atomic E-state index is 13.6. The Labute approximate surface area is 121 Å². The summed E-state index contributed by atoms with van der Waals surface area (Å²) in [5, 5.41) is 0. The summed E-state index contributed by atoms with van der Waals surface area (Å²) < 4.78 is 88.2. The second-order valence-corrected chi connectivity index (χ2v) is 4.90. The summed E-state index contributed by atoms with van der Waals surface area (Å²) in [5.41, 5.74) is -1.53. The molecule has 0 unspecified atom stereocenters. The van der Waals surface area contributed by atoms with Gasteiger partial charge in [-0.2, -0.15) is 26.3 Å². The van der Waals surface area contributed by atoms with Crippen LogP contribution in [0.1, 0.15) is 5.69 Å². The van der Waals surface area contributed by atoms with Crippen LogP contribution < -0.4 is 4.90 Å². The van der Waals surface area contributed by atoms with Gasteiger partial charge in [0.15, 0.2) is 5.82 Å². The van der Waals surface area contributed by atoms with Gasteiger partial charge < -0.3 is 4.90 Å². The molecule has 1 fully saturated rings. The van der Waals surface area contributed by atoms with E-state index in [2.05, 4.69) is 4.98 Å². The van der Waals surface area contributed by atoms with Crippen molar-refractivity contribution in [3.63, 3.8) is 0 Å². The van der Waals surface area contributed by atoms with E-state index in [4.69, 9.17) is 0 Å². The molecule has 0 radical (unpaired) electrons. The zero-order valence-electron chi connectivity index (χ0n) is 11.2. The molecule has 124 valence electrons. The lowest BCUT2D eigenvalue weighted by Crippen LogP contribution is -2.49. The number of anilines is 1. The molecule has 0 bridgehead atoms. The van der Waals surface area contributed by atoms with Crippen LogP contribution in [0.25, 0.3) is 0 Å². The summed E-state index contributed by atoms with van der Waals surface area (Å²) in [6.45, 7) is -1.10. The Morgan fingerprint density at radius 3 is 2.09 bits per heavy atom. The predicted octanol–water partition coefficient (Wildman–Crippen LogP) is 2.92. The van der Waals surface area contributed by atoms with Crippen LogP contribution in [0.4, 0.5) is 36.4 Å². The predicted molar refractivity (Wildman–Crippen MR) is 63.9 cm³/mol. The highest BCUT2D eigenvalue weighted by molar-refractivity contribution is 5.49. The normalized spacial score (nSPS) is 17.9. The summed E-state index contributed by atoms with van der Waals surface area (Å²) in [6.07, 6.45) is -8.58. The number of alkyl halides is 6. The van der Waals surface area contributed by atoms with E-state index in [0.29, 0.717) is 12.3 Å². The Bertz CT molecular complexity index is 518. The van der Waals surface area contributed by atoms with Crippen molar-refractivity contribution in [2.75, 3.05) is 37.6 Å². The molecule has 1 aliphatic rings. The molecule has 0 atom stereocenters. The first-order valence-electron chi connectivity index (χ1n) is 6.33. The topological polar surface area (TPSA) is 19.4 Å². The molecule has 10 heteroatoms. The molecule has 1 aromatic heterocycles. The Hall–Kier alpha value is -1.58. The van der Waals surface area contributed by atoms with Gasteiger partial charge in [-0.25, -0.2) is 9.37 Å². The van der Waals surface area contributed by atoms with E-state index in [-0.39, 0.29) is 31.9 Å². The highest BCUT2D eigenvalue weighted by Crippen LogP contribution is 2.31. The van der Waals surface area contributed by atoms with Crippen LogP contribution in [-0.4, -0.2) is 48.8 Å². The fourth-order valence-electron chi connectivity index (χ4n) is 2.23. The lowest BCUT2D eigenvalue weighted by atomic mass is 10.2. The first kappa shape index (κ1) is 16.8. The van der Waals surface area contributed by atoms with Crippen molar-refractivity contribution in [2.45, 2.75) is 12.4 Å². The van der Waals surface area contributed by atoms with E-state index in [1.54, 1.807) is 0 Å². The minimum absolute atomic E-state index is 0.00824. The Morgan fingerprint density at radius 1 is 1.00 bits per heavy atom. The van der Waals surface area contributed by atoms with Gasteiger partial charge in [0.05, 0.1) is 18.4 Å². The van der Waals surface area contributed by atoms with Crippen molar-refractivity contribution in [1.29, 1.82) is 0 Å². The average molecular weight is 331 g/mol. The van der Waals surface area contributed by atoms with Gasteiger partial charge in [-0.05, 0) is 6.07 Å². The third kappa shape index (κ3) is 4.21. The van der Waals surface area contributed by atoms with Crippen LogP contribution in [-0.2, 0) is 6.18 Å². The first-order chi connectivity index (χ1) is 10.1. The Morgan fingerprint density at radius 2 is 1.59 bits per heavy atom. The van der Waals surface area contributed by atoms with Gasteiger partial charge in [0.25, 0.3) is 0 Å². The zero-order valence-corrected chi connectivity index (χ0v) is 11.2. The maximum Gasteiger partial charge on any atom is 0.433 e. The highest BCUT2D eigenvalue weighted by Gasteiger charge is 2.35. The molecule has 0 saturated carbocycles. The van der Waals surface area contributed by atoms with E-state index in [9.17, 15) is 30.7 Å². The fourth-order valence-corrected chi connectivity index (χ4v) is 2.23. The van der Waals surface area contributed by atoms with Gasteiger partial charge in [-0.3, -0.25) is 4.90 Å². The number of nitrogens with zero attached hydrogens (tertiary/aromatic N) is 3. The van der Waals surface area contributed by atoms with Crippen LogP contribution in [0.15, 0.2) is 12.3 Å². The summed E-state index contributed by atoms with van der Waals surface area (Å²) in [6, 6.07) is 0.578. The van der Waals surface area contributed by atoms with E-state index in [1.165, 1.54) is 4.90 Å². The number of halogens is 7. The molecule has 0 amide bonds. The number of rotatable bonds is 2. The Kier molecular flexibility index (Phi) is 4.50. The molecule has 2 heterocycles. The molecule has 1 aromatic rings. The van der Waals surface area contributed by atoms with E-state index < -0.39 is 30.4 Å². The molecule has 0 spiro atoms. The quantitative estimate of drug-likeness (QED) is 0.777. The number of hydrogen-bond acceptors (Lipinski definition) is 3. The van der Waals surface area contributed by atoms with Crippen LogP contribution in [0, 0.1) is 5.82 Å². The van der Waals surface area contributed by atoms with E-state index in [0.717, 1.165) is 4.90 Å². The largest absolute Gasteiger partial charge is 0.433 e. The Balaban J connectivity index is 2.08. The summed E-state index contributed by atoms with van der Waals surface area (Å²) in [4.78, 5) is 5.40. The summed E-state index contributed by atoms with van der Waals surface area (Å²) in [7, 11) is 0. The van der Waals surface area contributed by atoms with Gasteiger partial charge in [0.1, 0.15) is 5.69 Å². The smallest absolute Gasteiger partial charge is 0.366 e. The molecule has 1 aliphatic heterocycles. The van der Waals surface area contributed by atoms with Gasteiger partial charge in [0.2, 0.25) is 0 Å². The SMILES string of the molecule is Fc1cnc(C(F)(F)F)cc1N1CCN(CC(F)(F)F)CC1. The monoisotopic (exact) mass is 331 g/mol. The zero-order chi connectivity index (χ0) is 16.5. The van der Waals surface area contributed by atoms with E-state index in [1.807, 2.05) is 0 Å². The lowest BCUT2D eigenvalue weighted by Gasteiger charge is -2.36. The van der Waals surface area contributed by atoms with Crippen LogP contribution in [0.3, 0.4) is 0 Å². The van der Waals surface area contributed by atoms with Gasteiger partial charge in [-0.1, -0.05) is 0 Å². The number of hydrogen-bond donors (Lipinski definition) is 0. The van der Waals surface area contributed by atoms with Crippen LogP contribution in [0.2, 0.25) is 0 Å². The minimum Gasteiger partial charge on any atom is -0.366 e. The molecular weight excluding hydrogens is 319 g/mol. The summed E-state index contributed by atoms with van der Waals surface area (Å²) >= 11 is 0.